The number of carbonyl (C=O) groups excluding carboxylic acids is 1. The Kier molecular flexibility index (Phi) is 5.99. The van der Waals surface area contributed by atoms with Crippen molar-refractivity contribution >= 4 is 28.7 Å². The van der Waals surface area contributed by atoms with Gasteiger partial charge in [0.05, 0.1) is 18.5 Å². The SMILES string of the molecule is CNc1cc(Nc2c(F)c(F)cc(F)c2F)nn2c(C(=O)NC[C@@](C)(O)CO)cnc12. The Balaban J connectivity index is 2.02. The highest BCUT2D eigenvalue weighted by molar-refractivity contribution is 5.94. The van der Waals surface area contributed by atoms with E-state index in [1.807, 2.05) is 0 Å². The molecule has 1 amide bonds. The molecule has 3 rings (SSSR count). The fraction of sp³-hybridized carbons (Fsp3) is 0.278. The average Bonchev–Trinajstić information content (AvgIpc) is 3.17. The number of nitrogens with zero attached hydrogens (tertiary/aromatic N) is 3. The van der Waals surface area contributed by atoms with Crippen LogP contribution in [-0.4, -0.2) is 56.5 Å². The summed E-state index contributed by atoms with van der Waals surface area (Å²) in [5, 5.41) is 30.2. The lowest BCUT2D eigenvalue weighted by Crippen LogP contribution is -2.43. The highest BCUT2D eigenvalue weighted by Gasteiger charge is 2.24. The Labute approximate surface area is 172 Å². The molecule has 0 spiro atoms. The summed E-state index contributed by atoms with van der Waals surface area (Å²) in [6.45, 7) is 0.422. The van der Waals surface area contributed by atoms with Gasteiger partial charge < -0.3 is 26.2 Å². The lowest BCUT2D eigenvalue weighted by molar-refractivity contribution is 0.00314. The molecule has 0 saturated heterocycles. The number of aliphatic hydroxyl groups is 2. The molecule has 2 heterocycles. The van der Waals surface area contributed by atoms with E-state index in [0.29, 0.717) is 0 Å². The largest absolute Gasteiger partial charge is 0.393 e. The van der Waals surface area contributed by atoms with Crippen molar-refractivity contribution in [2.24, 2.45) is 0 Å². The molecule has 1 atom stereocenters. The molecule has 13 heteroatoms. The molecule has 3 aromatic rings. The molecular formula is C18H18F4N6O3. The Hall–Kier alpha value is -3.45. The van der Waals surface area contributed by atoms with Crippen molar-refractivity contribution in [3.05, 3.63) is 47.3 Å². The molecule has 2 aromatic heterocycles. The van der Waals surface area contributed by atoms with Gasteiger partial charge in [-0.1, -0.05) is 0 Å². The summed E-state index contributed by atoms with van der Waals surface area (Å²) in [6, 6.07) is 1.34. The number of carbonyl (C=O) groups is 1. The van der Waals surface area contributed by atoms with Crippen molar-refractivity contribution in [3.8, 4) is 0 Å². The van der Waals surface area contributed by atoms with Gasteiger partial charge in [0.25, 0.3) is 5.91 Å². The van der Waals surface area contributed by atoms with Gasteiger partial charge in [0, 0.05) is 25.7 Å². The molecule has 0 saturated carbocycles. The second-order valence-electron chi connectivity index (χ2n) is 6.88. The van der Waals surface area contributed by atoms with Crippen LogP contribution in [0.5, 0.6) is 0 Å². The summed E-state index contributed by atoms with van der Waals surface area (Å²) >= 11 is 0. The molecule has 0 fully saturated rings. The third kappa shape index (κ3) is 4.36. The first-order valence-corrected chi connectivity index (χ1v) is 8.86. The lowest BCUT2D eigenvalue weighted by atomic mass is 10.1. The van der Waals surface area contributed by atoms with Gasteiger partial charge in [0.15, 0.2) is 40.4 Å². The first-order chi connectivity index (χ1) is 14.6. The number of fused-ring (bicyclic) bond motifs is 1. The number of benzene rings is 1. The molecule has 0 bridgehead atoms. The molecule has 0 unspecified atom stereocenters. The maximum atomic E-state index is 14.0. The van der Waals surface area contributed by atoms with Crippen molar-refractivity contribution in [1.29, 1.82) is 0 Å². The average molecular weight is 442 g/mol. The Morgan fingerprint density at radius 1 is 1.19 bits per heavy atom. The van der Waals surface area contributed by atoms with Crippen molar-refractivity contribution in [1.82, 2.24) is 19.9 Å². The smallest absolute Gasteiger partial charge is 0.271 e. The van der Waals surface area contributed by atoms with E-state index in [2.05, 4.69) is 26.0 Å². The number of nitrogens with one attached hydrogen (secondary N) is 3. The number of aromatic nitrogens is 3. The van der Waals surface area contributed by atoms with E-state index in [1.165, 1.54) is 26.2 Å². The highest BCUT2D eigenvalue weighted by Crippen LogP contribution is 2.28. The second-order valence-corrected chi connectivity index (χ2v) is 6.88. The minimum Gasteiger partial charge on any atom is -0.393 e. The van der Waals surface area contributed by atoms with E-state index in [9.17, 15) is 27.5 Å². The molecule has 0 radical (unpaired) electrons. The molecule has 5 N–H and O–H groups in total. The monoisotopic (exact) mass is 442 g/mol. The molecule has 1 aromatic carbocycles. The van der Waals surface area contributed by atoms with Gasteiger partial charge in [0.2, 0.25) is 0 Å². The summed E-state index contributed by atoms with van der Waals surface area (Å²) < 4.78 is 56.0. The minimum absolute atomic E-state index is 0.0745. The van der Waals surface area contributed by atoms with Crippen LogP contribution in [0.2, 0.25) is 0 Å². The quantitative estimate of drug-likeness (QED) is 0.278. The predicted molar refractivity (Wildman–Crippen MR) is 102 cm³/mol. The number of anilines is 3. The topological polar surface area (TPSA) is 124 Å². The van der Waals surface area contributed by atoms with Crippen molar-refractivity contribution in [2.75, 3.05) is 30.8 Å². The fourth-order valence-corrected chi connectivity index (χ4v) is 2.60. The zero-order valence-electron chi connectivity index (χ0n) is 16.3. The molecule has 0 aliphatic carbocycles. The van der Waals surface area contributed by atoms with E-state index in [0.717, 1.165) is 4.52 Å². The number of amides is 1. The lowest BCUT2D eigenvalue weighted by Gasteiger charge is -2.20. The Bertz CT molecular complexity index is 1130. The van der Waals surface area contributed by atoms with Crippen LogP contribution in [-0.2, 0) is 0 Å². The molecule has 0 aliphatic rings. The number of halogens is 4. The van der Waals surface area contributed by atoms with E-state index in [-0.39, 0.29) is 35.5 Å². The van der Waals surface area contributed by atoms with E-state index in [1.54, 1.807) is 0 Å². The van der Waals surface area contributed by atoms with Crippen molar-refractivity contribution in [3.63, 3.8) is 0 Å². The van der Waals surface area contributed by atoms with Gasteiger partial charge in [-0.3, -0.25) is 4.79 Å². The molecule has 9 nitrogen and oxygen atoms in total. The highest BCUT2D eigenvalue weighted by atomic mass is 19.2. The maximum Gasteiger partial charge on any atom is 0.271 e. The number of rotatable bonds is 7. The minimum atomic E-state index is -1.65. The fourth-order valence-electron chi connectivity index (χ4n) is 2.60. The first kappa shape index (κ1) is 22.2. The molecule has 166 valence electrons. The summed E-state index contributed by atoms with van der Waals surface area (Å²) in [7, 11) is 1.51. The van der Waals surface area contributed by atoms with Crippen LogP contribution < -0.4 is 16.0 Å². The zero-order valence-corrected chi connectivity index (χ0v) is 16.3. The van der Waals surface area contributed by atoms with Gasteiger partial charge >= 0.3 is 0 Å². The van der Waals surface area contributed by atoms with Crippen LogP contribution in [0.3, 0.4) is 0 Å². The van der Waals surface area contributed by atoms with Crippen molar-refractivity contribution < 1.29 is 32.6 Å². The van der Waals surface area contributed by atoms with E-state index >= 15 is 0 Å². The Morgan fingerprint density at radius 2 is 1.84 bits per heavy atom. The predicted octanol–water partition coefficient (Wildman–Crippen LogP) is 1.54. The standard InChI is InChI=1S/C18H18F4N6O3/c1-18(31,7-29)6-25-17(30)11-5-24-16-10(23-2)4-12(27-28(11)16)26-15-13(21)8(19)3-9(20)14(15)22/h3-5,23,29,31H,6-7H2,1-2H3,(H,25,30)(H,26,27)/t18-/m1/s1. The molecular weight excluding hydrogens is 424 g/mol. The third-order valence-electron chi connectivity index (χ3n) is 4.30. The summed E-state index contributed by atoms with van der Waals surface area (Å²) in [5.41, 5.74) is -2.34. The normalized spacial score (nSPS) is 13.2. The number of aliphatic hydroxyl groups excluding tert-OH is 1. The zero-order chi connectivity index (χ0) is 22.9. The summed E-state index contributed by atoms with van der Waals surface area (Å²) in [6.07, 6.45) is 1.17. The van der Waals surface area contributed by atoms with Gasteiger partial charge in [-0.25, -0.2) is 27.1 Å². The van der Waals surface area contributed by atoms with Crippen LogP contribution in [0.1, 0.15) is 17.4 Å². The van der Waals surface area contributed by atoms with E-state index < -0.39 is 47.1 Å². The molecule has 0 aliphatic heterocycles. The number of imidazole rings is 1. The summed E-state index contributed by atoms with van der Waals surface area (Å²) in [5.74, 6) is -7.48. The second kappa shape index (κ2) is 8.35. The summed E-state index contributed by atoms with van der Waals surface area (Å²) in [4.78, 5) is 16.5. The van der Waals surface area contributed by atoms with Crippen LogP contribution in [0.25, 0.3) is 5.65 Å². The molecule has 31 heavy (non-hydrogen) atoms. The van der Waals surface area contributed by atoms with Crippen LogP contribution >= 0.6 is 0 Å². The number of hydrogen-bond donors (Lipinski definition) is 5. The third-order valence-corrected chi connectivity index (χ3v) is 4.30. The Morgan fingerprint density at radius 3 is 2.42 bits per heavy atom. The van der Waals surface area contributed by atoms with Crippen molar-refractivity contribution in [2.45, 2.75) is 12.5 Å². The number of hydrogen-bond acceptors (Lipinski definition) is 7. The van der Waals surface area contributed by atoms with E-state index in [4.69, 9.17) is 5.11 Å². The van der Waals surface area contributed by atoms with Gasteiger partial charge in [-0.2, -0.15) is 0 Å². The first-order valence-electron chi connectivity index (χ1n) is 8.86. The van der Waals surface area contributed by atoms with Crippen LogP contribution in [0, 0.1) is 23.3 Å². The van der Waals surface area contributed by atoms with Gasteiger partial charge in [0.1, 0.15) is 11.3 Å². The van der Waals surface area contributed by atoms with Crippen LogP contribution in [0.4, 0.5) is 34.8 Å². The van der Waals surface area contributed by atoms with Crippen LogP contribution in [0.15, 0.2) is 18.3 Å². The van der Waals surface area contributed by atoms with Gasteiger partial charge in [-0.05, 0) is 6.92 Å². The maximum absolute atomic E-state index is 14.0. The van der Waals surface area contributed by atoms with Gasteiger partial charge in [-0.15, -0.1) is 5.10 Å².